The number of ether oxygens (including phenoxy) is 1. The molecule has 0 atom stereocenters. The van der Waals surface area contributed by atoms with Crippen LogP contribution >= 0.6 is 0 Å². The first kappa shape index (κ1) is 12.4. The Hall–Kier alpha value is -2.39. The Labute approximate surface area is 123 Å². The summed E-state index contributed by atoms with van der Waals surface area (Å²) in [5, 5.41) is 5.80. The zero-order valence-corrected chi connectivity index (χ0v) is 11.7. The van der Waals surface area contributed by atoms with E-state index in [0.717, 1.165) is 35.8 Å². The van der Waals surface area contributed by atoms with Gasteiger partial charge in [-0.2, -0.15) is 0 Å². The van der Waals surface area contributed by atoms with E-state index in [4.69, 9.17) is 4.74 Å². The van der Waals surface area contributed by atoms with Gasteiger partial charge in [-0.25, -0.2) is 4.98 Å². The maximum atomic E-state index is 5.72. The summed E-state index contributed by atoms with van der Waals surface area (Å²) in [6, 6.07) is 19.0. The van der Waals surface area contributed by atoms with Crippen LogP contribution in [-0.4, -0.2) is 18.1 Å². The number of rotatable bonds is 1. The van der Waals surface area contributed by atoms with Crippen molar-refractivity contribution in [1.29, 1.82) is 0 Å². The third kappa shape index (κ3) is 2.36. The summed E-state index contributed by atoms with van der Waals surface area (Å²) in [4.78, 5) is 4.69. The molecule has 1 aromatic heterocycles. The lowest BCUT2D eigenvalue weighted by atomic mass is 10.0. The molecular weight excluding hydrogens is 260 g/mol. The van der Waals surface area contributed by atoms with Crippen molar-refractivity contribution in [1.82, 2.24) is 10.3 Å². The van der Waals surface area contributed by atoms with Crippen LogP contribution in [0.2, 0.25) is 0 Å². The first-order valence-electron chi connectivity index (χ1n) is 7.23. The van der Waals surface area contributed by atoms with E-state index in [1.54, 1.807) is 0 Å². The predicted octanol–water partition coefficient (Wildman–Crippen LogP) is 3.38. The molecule has 2 aromatic carbocycles. The molecule has 1 N–H and O–H groups in total. The lowest BCUT2D eigenvalue weighted by Gasteiger charge is -2.09. The van der Waals surface area contributed by atoms with Crippen molar-refractivity contribution >= 4 is 10.8 Å². The minimum atomic E-state index is 0.668. The highest BCUT2D eigenvalue weighted by atomic mass is 16.5. The Morgan fingerprint density at radius 2 is 1.86 bits per heavy atom. The second kappa shape index (κ2) is 5.19. The highest BCUT2D eigenvalue weighted by Gasteiger charge is 2.11. The first-order chi connectivity index (χ1) is 10.4. The molecular formula is C18H16N2O. The van der Waals surface area contributed by atoms with Crippen LogP contribution in [0, 0.1) is 0 Å². The topological polar surface area (TPSA) is 34.1 Å². The van der Waals surface area contributed by atoms with Crippen molar-refractivity contribution in [3.8, 4) is 17.1 Å². The zero-order chi connectivity index (χ0) is 14.1. The van der Waals surface area contributed by atoms with Gasteiger partial charge in [-0.1, -0.05) is 42.5 Å². The summed E-state index contributed by atoms with van der Waals surface area (Å²) in [6.07, 6.45) is 0. The van der Waals surface area contributed by atoms with E-state index in [9.17, 15) is 0 Å². The molecule has 0 saturated heterocycles. The smallest absolute Gasteiger partial charge is 0.218 e. The van der Waals surface area contributed by atoms with E-state index in [-0.39, 0.29) is 0 Å². The molecule has 2 heterocycles. The molecule has 0 spiro atoms. The average Bonchev–Trinajstić information content (AvgIpc) is 2.79. The molecule has 0 saturated carbocycles. The molecule has 3 nitrogen and oxygen atoms in total. The van der Waals surface area contributed by atoms with Crippen molar-refractivity contribution in [2.75, 3.05) is 13.2 Å². The fraction of sp³-hybridized carbons (Fsp3) is 0.167. The molecule has 0 unspecified atom stereocenters. The van der Waals surface area contributed by atoms with Crippen LogP contribution in [0.3, 0.4) is 0 Å². The number of aromatic nitrogens is 1. The van der Waals surface area contributed by atoms with Gasteiger partial charge in [0.15, 0.2) is 0 Å². The minimum absolute atomic E-state index is 0.668. The van der Waals surface area contributed by atoms with Crippen LogP contribution in [0.1, 0.15) is 5.56 Å². The van der Waals surface area contributed by atoms with E-state index >= 15 is 0 Å². The van der Waals surface area contributed by atoms with Crippen LogP contribution in [0.25, 0.3) is 22.0 Å². The Morgan fingerprint density at radius 3 is 2.81 bits per heavy atom. The third-order valence-corrected chi connectivity index (χ3v) is 3.82. The standard InChI is InChI=1S/C18H16N2O/c1-2-4-14-11-15(6-5-13(14)3-1)17-8-7-16-12-19-9-10-21-18(16)20-17/h1-8,11,19H,9-10,12H2. The molecule has 3 aromatic rings. The van der Waals surface area contributed by atoms with Crippen LogP contribution < -0.4 is 10.1 Å². The Balaban J connectivity index is 1.79. The molecule has 21 heavy (non-hydrogen) atoms. The average molecular weight is 276 g/mol. The molecule has 1 aliphatic rings. The van der Waals surface area contributed by atoms with Crippen molar-refractivity contribution in [3.05, 3.63) is 60.2 Å². The SMILES string of the molecule is c1ccc2cc(-c3ccc4c(n3)OCCNC4)ccc2c1. The number of nitrogens with one attached hydrogen (secondary N) is 1. The molecule has 3 heteroatoms. The number of hydrogen-bond acceptors (Lipinski definition) is 3. The van der Waals surface area contributed by atoms with Crippen LogP contribution in [0.5, 0.6) is 5.88 Å². The van der Waals surface area contributed by atoms with E-state index in [1.165, 1.54) is 10.8 Å². The van der Waals surface area contributed by atoms with Crippen molar-refractivity contribution in [3.63, 3.8) is 0 Å². The number of pyridine rings is 1. The molecule has 104 valence electrons. The normalized spacial score (nSPS) is 14.3. The van der Waals surface area contributed by atoms with E-state index in [0.29, 0.717) is 6.61 Å². The molecule has 0 amide bonds. The first-order valence-corrected chi connectivity index (χ1v) is 7.23. The van der Waals surface area contributed by atoms with E-state index in [2.05, 4.69) is 64.9 Å². The monoisotopic (exact) mass is 276 g/mol. The van der Waals surface area contributed by atoms with E-state index in [1.807, 2.05) is 0 Å². The van der Waals surface area contributed by atoms with Gasteiger partial charge in [0.2, 0.25) is 5.88 Å². The lowest BCUT2D eigenvalue weighted by molar-refractivity contribution is 0.314. The van der Waals surface area contributed by atoms with Gasteiger partial charge >= 0.3 is 0 Å². The van der Waals surface area contributed by atoms with Crippen LogP contribution in [-0.2, 0) is 6.54 Å². The molecule has 0 radical (unpaired) electrons. The van der Waals surface area contributed by atoms with Gasteiger partial charge in [-0.3, -0.25) is 0 Å². The number of benzene rings is 2. The second-order valence-corrected chi connectivity index (χ2v) is 5.25. The van der Waals surface area contributed by atoms with Gasteiger partial charge < -0.3 is 10.1 Å². The van der Waals surface area contributed by atoms with Crippen molar-refractivity contribution < 1.29 is 4.74 Å². The highest BCUT2D eigenvalue weighted by molar-refractivity contribution is 5.86. The van der Waals surface area contributed by atoms with Gasteiger partial charge in [-0.15, -0.1) is 0 Å². The maximum Gasteiger partial charge on any atom is 0.218 e. The van der Waals surface area contributed by atoms with Gasteiger partial charge in [0, 0.05) is 24.2 Å². The number of nitrogens with zero attached hydrogens (tertiary/aromatic N) is 1. The summed E-state index contributed by atoms with van der Waals surface area (Å²) >= 11 is 0. The van der Waals surface area contributed by atoms with Crippen molar-refractivity contribution in [2.45, 2.75) is 6.54 Å². The summed E-state index contributed by atoms with van der Waals surface area (Å²) in [5.74, 6) is 0.755. The summed E-state index contributed by atoms with van der Waals surface area (Å²) in [7, 11) is 0. The zero-order valence-electron chi connectivity index (χ0n) is 11.7. The molecule has 0 bridgehead atoms. The maximum absolute atomic E-state index is 5.72. The molecule has 1 aliphatic heterocycles. The summed E-state index contributed by atoms with van der Waals surface area (Å²) in [5.41, 5.74) is 3.20. The second-order valence-electron chi connectivity index (χ2n) is 5.25. The Kier molecular flexibility index (Phi) is 3.05. The highest BCUT2D eigenvalue weighted by Crippen LogP contribution is 2.27. The number of fused-ring (bicyclic) bond motifs is 2. The molecule has 0 aliphatic carbocycles. The van der Waals surface area contributed by atoms with Gasteiger partial charge in [-0.05, 0) is 22.9 Å². The predicted molar refractivity (Wildman–Crippen MR) is 84.4 cm³/mol. The fourth-order valence-corrected chi connectivity index (χ4v) is 2.68. The third-order valence-electron chi connectivity index (χ3n) is 3.82. The molecule has 4 rings (SSSR count). The Bertz CT molecular complexity index is 798. The number of hydrogen-bond donors (Lipinski definition) is 1. The quantitative estimate of drug-likeness (QED) is 0.740. The van der Waals surface area contributed by atoms with Gasteiger partial charge in [0.05, 0.1) is 5.69 Å². The van der Waals surface area contributed by atoms with Crippen molar-refractivity contribution in [2.24, 2.45) is 0 Å². The molecule has 0 fully saturated rings. The fourth-order valence-electron chi connectivity index (χ4n) is 2.68. The van der Waals surface area contributed by atoms with Crippen LogP contribution in [0.15, 0.2) is 54.6 Å². The minimum Gasteiger partial charge on any atom is -0.476 e. The van der Waals surface area contributed by atoms with Crippen LogP contribution in [0.4, 0.5) is 0 Å². The largest absolute Gasteiger partial charge is 0.476 e. The van der Waals surface area contributed by atoms with E-state index < -0.39 is 0 Å². The van der Waals surface area contributed by atoms with Gasteiger partial charge in [0.25, 0.3) is 0 Å². The summed E-state index contributed by atoms with van der Waals surface area (Å²) < 4.78 is 5.72. The summed E-state index contributed by atoms with van der Waals surface area (Å²) in [6.45, 7) is 2.35. The lowest BCUT2D eigenvalue weighted by Crippen LogP contribution is -2.16. The Morgan fingerprint density at radius 1 is 0.952 bits per heavy atom. The van der Waals surface area contributed by atoms with Gasteiger partial charge in [0.1, 0.15) is 6.61 Å².